The molecule has 0 radical (unpaired) electrons. The number of aromatic nitrogens is 2. The molecular formula is C22H28F2N4O5S. The van der Waals surface area contributed by atoms with Gasteiger partial charge in [-0.3, -0.25) is 4.90 Å². The van der Waals surface area contributed by atoms with E-state index in [4.69, 9.17) is 9.47 Å². The van der Waals surface area contributed by atoms with Crippen LogP contribution in [0.15, 0.2) is 24.4 Å². The van der Waals surface area contributed by atoms with Gasteiger partial charge >= 0.3 is 6.09 Å². The zero-order chi connectivity index (χ0) is 24.8. The predicted octanol–water partition coefficient (Wildman–Crippen LogP) is 2.71. The minimum atomic E-state index is -3.47. The number of carbonyl (C=O) groups excluding carboxylic acids is 1. The fourth-order valence-corrected chi connectivity index (χ4v) is 4.85. The average Bonchev–Trinajstić information content (AvgIpc) is 3.28. The van der Waals surface area contributed by atoms with Crippen molar-refractivity contribution in [2.75, 3.05) is 12.9 Å². The Balaban J connectivity index is 1.53. The summed E-state index contributed by atoms with van der Waals surface area (Å²) in [5.74, 6) is -1.23. The Kier molecular flexibility index (Phi) is 6.42. The van der Waals surface area contributed by atoms with Gasteiger partial charge in [-0.15, -0.1) is 0 Å². The van der Waals surface area contributed by atoms with Crippen molar-refractivity contribution in [3.05, 3.63) is 52.9 Å². The van der Waals surface area contributed by atoms with Crippen molar-refractivity contribution in [2.45, 2.75) is 64.1 Å². The van der Waals surface area contributed by atoms with E-state index in [1.54, 1.807) is 20.8 Å². The van der Waals surface area contributed by atoms with Crippen molar-refractivity contribution >= 4 is 16.1 Å². The van der Waals surface area contributed by atoms with Gasteiger partial charge in [0.15, 0.2) is 0 Å². The third-order valence-corrected chi connectivity index (χ3v) is 6.63. The molecule has 2 aliphatic rings. The van der Waals surface area contributed by atoms with Gasteiger partial charge < -0.3 is 14.8 Å². The molecule has 0 saturated carbocycles. The number of halogens is 2. The van der Waals surface area contributed by atoms with E-state index in [0.717, 1.165) is 34.1 Å². The van der Waals surface area contributed by atoms with Crippen LogP contribution < -0.4 is 5.32 Å². The smallest absolute Gasteiger partial charge is 0.407 e. The molecular weight excluding hydrogens is 470 g/mol. The third kappa shape index (κ3) is 5.39. The monoisotopic (exact) mass is 498 g/mol. The Bertz CT molecular complexity index is 1170. The molecule has 9 nitrogen and oxygen atoms in total. The second-order valence-electron chi connectivity index (χ2n) is 9.70. The van der Waals surface area contributed by atoms with E-state index in [-0.39, 0.29) is 18.2 Å². The highest BCUT2D eigenvalue weighted by atomic mass is 32.2. The van der Waals surface area contributed by atoms with Gasteiger partial charge in [-0.25, -0.2) is 22.0 Å². The Morgan fingerprint density at radius 2 is 2.00 bits per heavy atom. The van der Waals surface area contributed by atoms with Gasteiger partial charge in [-0.05, 0) is 45.4 Å². The largest absolute Gasteiger partial charge is 0.444 e. The zero-order valence-electron chi connectivity index (χ0n) is 19.4. The second kappa shape index (κ2) is 8.90. The molecule has 0 aliphatic carbocycles. The van der Waals surface area contributed by atoms with E-state index >= 15 is 0 Å². The Morgan fingerprint density at radius 1 is 1.26 bits per heavy atom. The van der Waals surface area contributed by atoms with E-state index in [1.165, 1.54) is 6.20 Å². The average molecular weight is 499 g/mol. The molecule has 3 atom stereocenters. The van der Waals surface area contributed by atoms with Crippen LogP contribution in [0.2, 0.25) is 0 Å². The number of hydrogen-bond acceptors (Lipinski definition) is 7. The topological polar surface area (TPSA) is 103 Å². The highest BCUT2D eigenvalue weighted by molar-refractivity contribution is 7.89. The summed E-state index contributed by atoms with van der Waals surface area (Å²) >= 11 is 0. The SMILES string of the molecule is CC(C)(C)OC(=O)N[C@H]1C[C@H](N2Cc3cn(S(C)(=O)=O)nc3C2)CO[C@@H]1c1cc(F)ccc1F. The number of alkyl carbamates (subject to hydrolysis) is 1. The van der Waals surface area contributed by atoms with E-state index in [0.29, 0.717) is 25.2 Å². The predicted molar refractivity (Wildman–Crippen MR) is 118 cm³/mol. The number of carbonyl (C=O) groups is 1. The molecule has 3 heterocycles. The Hall–Kier alpha value is -2.57. The minimum Gasteiger partial charge on any atom is -0.444 e. The summed E-state index contributed by atoms with van der Waals surface area (Å²) in [4.78, 5) is 14.6. The Labute approximate surface area is 197 Å². The van der Waals surface area contributed by atoms with Crippen molar-refractivity contribution in [1.29, 1.82) is 0 Å². The van der Waals surface area contributed by atoms with Crippen molar-refractivity contribution in [3.63, 3.8) is 0 Å². The molecule has 1 aromatic carbocycles. The number of ether oxygens (including phenoxy) is 2. The molecule has 0 bridgehead atoms. The lowest BCUT2D eigenvalue weighted by Gasteiger charge is -2.40. The Morgan fingerprint density at radius 3 is 2.65 bits per heavy atom. The van der Waals surface area contributed by atoms with Gasteiger partial charge in [0, 0.05) is 36.5 Å². The van der Waals surface area contributed by atoms with Gasteiger partial charge in [-0.2, -0.15) is 9.19 Å². The van der Waals surface area contributed by atoms with Crippen LogP contribution in [0.4, 0.5) is 13.6 Å². The summed E-state index contributed by atoms with van der Waals surface area (Å²) in [7, 11) is -3.47. The van der Waals surface area contributed by atoms with Crippen molar-refractivity contribution in [1.82, 2.24) is 19.4 Å². The van der Waals surface area contributed by atoms with Crippen LogP contribution in [-0.4, -0.2) is 59.1 Å². The van der Waals surface area contributed by atoms with Crippen LogP contribution in [-0.2, 0) is 32.6 Å². The molecule has 1 amide bonds. The first-order valence-electron chi connectivity index (χ1n) is 10.9. The van der Waals surface area contributed by atoms with Crippen LogP contribution in [0.1, 0.15) is 50.1 Å². The molecule has 0 spiro atoms. The first kappa shape index (κ1) is 24.6. The second-order valence-corrected chi connectivity index (χ2v) is 11.5. The summed E-state index contributed by atoms with van der Waals surface area (Å²) in [6.07, 6.45) is 1.38. The number of nitrogens with zero attached hydrogens (tertiary/aromatic N) is 3. The van der Waals surface area contributed by atoms with E-state index in [2.05, 4.69) is 15.3 Å². The molecule has 2 aliphatic heterocycles. The van der Waals surface area contributed by atoms with E-state index in [9.17, 15) is 22.0 Å². The quantitative estimate of drug-likeness (QED) is 0.692. The molecule has 1 N–H and O–H groups in total. The van der Waals surface area contributed by atoms with Gasteiger partial charge in [0.2, 0.25) is 0 Å². The number of amides is 1. The molecule has 2 aromatic rings. The number of rotatable bonds is 4. The van der Waals surface area contributed by atoms with Crippen LogP contribution >= 0.6 is 0 Å². The lowest BCUT2D eigenvalue weighted by Crippen LogP contribution is -2.52. The highest BCUT2D eigenvalue weighted by Crippen LogP contribution is 2.35. The molecule has 12 heteroatoms. The first-order valence-corrected chi connectivity index (χ1v) is 12.7. The summed E-state index contributed by atoms with van der Waals surface area (Å²) in [5.41, 5.74) is 0.732. The standard InChI is InChI=1S/C22H28F2N4O5S/c1-22(2,3)33-21(29)25-18-8-15(12-32-20(18)16-7-14(23)5-6-17(16)24)27-9-13-10-28(34(4,30)31)26-19(13)11-27/h5-7,10,15,18,20H,8-9,11-12H2,1-4H3,(H,25,29)/t15-,18-,20+/m0/s1. The fraction of sp³-hybridized carbons (Fsp3) is 0.545. The number of hydrogen-bond donors (Lipinski definition) is 1. The van der Waals surface area contributed by atoms with Gasteiger partial charge in [0.05, 0.1) is 24.6 Å². The van der Waals surface area contributed by atoms with Crippen LogP contribution in [0.25, 0.3) is 0 Å². The first-order chi connectivity index (χ1) is 15.8. The maximum atomic E-state index is 14.5. The summed E-state index contributed by atoms with van der Waals surface area (Å²) in [6, 6.07) is 2.27. The van der Waals surface area contributed by atoms with Crippen molar-refractivity contribution in [2.24, 2.45) is 0 Å². The van der Waals surface area contributed by atoms with Crippen LogP contribution in [0, 0.1) is 11.6 Å². The molecule has 34 heavy (non-hydrogen) atoms. The summed E-state index contributed by atoms with van der Waals surface area (Å²) in [6.45, 7) is 6.26. The third-order valence-electron chi connectivity index (χ3n) is 5.77. The molecule has 186 valence electrons. The highest BCUT2D eigenvalue weighted by Gasteiger charge is 2.40. The molecule has 4 rings (SSSR count). The molecule has 1 fully saturated rings. The van der Waals surface area contributed by atoms with Crippen molar-refractivity contribution in [3.8, 4) is 0 Å². The molecule has 1 aromatic heterocycles. The molecule has 1 saturated heterocycles. The lowest BCUT2D eigenvalue weighted by molar-refractivity contribution is -0.0629. The van der Waals surface area contributed by atoms with Gasteiger partial charge in [-0.1, -0.05) is 0 Å². The van der Waals surface area contributed by atoms with Gasteiger partial charge in [0.25, 0.3) is 10.0 Å². The number of nitrogens with one attached hydrogen (secondary N) is 1. The van der Waals surface area contributed by atoms with E-state index < -0.39 is 45.5 Å². The fourth-order valence-electron chi connectivity index (χ4n) is 4.28. The van der Waals surface area contributed by atoms with Crippen molar-refractivity contribution < 1.29 is 31.5 Å². The lowest BCUT2D eigenvalue weighted by atomic mass is 9.92. The number of fused-ring (bicyclic) bond motifs is 1. The van der Waals surface area contributed by atoms with Gasteiger partial charge in [0.1, 0.15) is 23.3 Å². The van der Waals surface area contributed by atoms with Crippen LogP contribution in [0.5, 0.6) is 0 Å². The van der Waals surface area contributed by atoms with E-state index in [1.807, 2.05) is 0 Å². The maximum Gasteiger partial charge on any atom is 0.407 e. The normalized spacial score (nSPS) is 23.5. The summed E-state index contributed by atoms with van der Waals surface area (Å²) < 4.78 is 64.2. The maximum absolute atomic E-state index is 14.5. The zero-order valence-corrected chi connectivity index (χ0v) is 20.2. The number of benzene rings is 1. The van der Waals surface area contributed by atoms with Crippen LogP contribution in [0.3, 0.4) is 0 Å². The summed E-state index contributed by atoms with van der Waals surface area (Å²) in [5, 5.41) is 6.93. The molecule has 0 unspecified atom stereocenters. The minimum absolute atomic E-state index is 0.0219.